The Morgan fingerprint density at radius 2 is 0.727 bits per heavy atom. The molecule has 0 spiro atoms. The summed E-state index contributed by atoms with van der Waals surface area (Å²) >= 11 is -0.826. The summed E-state index contributed by atoms with van der Waals surface area (Å²) < 4.78 is 161. The number of halogens is 14. The Hall–Kier alpha value is -3.06. The van der Waals surface area contributed by atoms with E-state index in [0.717, 1.165) is 79.7 Å². The number of fused-ring (bicyclic) bond motifs is 2. The van der Waals surface area contributed by atoms with Crippen LogP contribution in [0.5, 0.6) is 0 Å². The molecule has 2 radical (unpaired) electrons. The SMILES string of the molecule is CC(C)Cc1cc2c(-c3cc(C(F)(F)F)cc(C(F)(F)F)c3)c(C(C)C)ccc2[cH-]1.CC(C)Cc1cc2c(-c3cc(C(F)(F)F)cc(C(F)(F)F)c3)c(C(C)C)ccc2[cH-]1.C[Si]C.[Cl][Zr+2][Cl]. The van der Waals surface area contributed by atoms with Crippen molar-refractivity contribution in [3.05, 3.63) is 129 Å². The second kappa shape index (κ2) is 23.5. The summed E-state index contributed by atoms with van der Waals surface area (Å²) in [5, 5.41) is 3.00. The van der Waals surface area contributed by atoms with E-state index in [1.165, 1.54) is 0 Å². The zero-order valence-corrected chi connectivity index (χ0v) is 43.1. The molecule has 358 valence electrons. The molecule has 0 nitrogen and oxygen atoms in total. The van der Waals surface area contributed by atoms with Crippen molar-refractivity contribution in [2.45, 2.75) is 118 Å². The third-order valence-electron chi connectivity index (χ3n) is 10.2. The molecule has 0 N–H and O–H groups in total. The van der Waals surface area contributed by atoms with Crippen molar-refractivity contribution in [3.63, 3.8) is 0 Å². The van der Waals surface area contributed by atoms with Crippen LogP contribution in [0.2, 0.25) is 13.1 Å². The van der Waals surface area contributed by atoms with E-state index in [4.69, 9.17) is 17.0 Å². The fourth-order valence-electron chi connectivity index (χ4n) is 7.70. The van der Waals surface area contributed by atoms with E-state index in [-0.39, 0.29) is 35.1 Å². The number of rotatable bonds is 8. The first kappa shape index (κ1) is 57.3. The van der Waals surface area contributed by atoms with Crippen molar-refractivity contribution in [2.75, 3.05) is 0 Å². The van der Waals surface area contributed by atoms with Crippen LogP contribution in [0.25, 0.3) is 43.8 Å². The van der Waals surface area contributed by atoms with Crippen LogP contribution in [0.15, 0.2) is 84.9 Å². The zero-order valence-electron chi connectivity index (χ0n) is 38.1. The van der Waals surface area contributed by atoms with E-state index < -0.39 is 67.8 Å². The van der Waals surface area contributed by atoms with Gasteiger partial charge in [0.15, 0.2) is 0 Å². The Kier molecular flexibility index (Phi) is 20.4. The minimum absolute atomic E-state index is 0.0619. The van der Waals surface area contributed by atoms with E-state index in [1.54, 1.807) is 12.1 Å². The monoisotopic (exact) mass is 1070 g/mol. The van der Waals surface area contributed by atoms with Crippen LogP contribution < -0.4 is 0 Å². The van der Waals surface area contributed by atoms with Crippen molar-refractivity contribution in [1.82, 2.24) is 0 Å². The molecule has 0 aliphatic carbocycles. The van der Waals surface area contributed by atoms with E-state index in [1.807, 2.05) is 64.1 Å². The van der Waals surface area contributed by atoms with E-state index in [9.17, 15) is 52.7 Å². The molecule has 0 aliphatic rings. The summed E-state index contributed by atoms with van der Waals surface area (Å²) in [5.74, 6) is 0.605. The number of hydrogen-bond donors (Lipinski definition) is 0. The maximum atomic E-state index is 13.4. The van der Waals surface area contributed by atoms with Crippen LogP contribution in [-0.2, 0) is 58.4 Å². The van der Waals surface area contributed by atoms with Gasteiger partial charge in [-0.1, -0.05) is 90.7 Å². The molecule has 0 bridgehead atoms. The van der Waals surface area contributed by atoms with Gasteiger partial charge >= 0.3 is 62.6 Å². The topological polar surface area (TPSA) is 0 Å². The Labute approximate surface area is 400 Å². The third kappa shape index (κ3) is 15.5. The first-order valence-corrected chi connectivity index (χ1v) is 29.3. The predicted molar refractivity (Wildman–Crippen MR) is 244 cm³/mol. The molecule has 66 heavy (non-hydrogen) atoms. The van der Waals surface area contributed by atoms with E-state index >= 15 is 0 Å². The molecule has 6 rings (SSSR count). The van der Waals surface area contributed by atoms with Crippen LogP contribution in [0.4, 0.5) is 52.7 Å². The maximum absolute atomic E-state index is 13.4. The Morgan fingerprint density at radius 3 is 0.939 bits per heavy atom. The zero-order chi connectivity index (χ0) is 50.3. The molecule has 6 aromatic rings. The van der Waals surface area contributed by atoms with Crippen molar-refractivity contribution in [3.8, 4) is 22.3 Å². The van der Waals surface area contributed by atoms with Crippen molar-refractivity contribution in [2.24, 2.45) is 11.8 Å². The van der Waals surface area contributed by atoms with Crippen molar-refractivity contribution in [1.29, 1.82) is 0 Å². The molecule has 0 heterocycles. The van der Waals surface area contributed by atoms with Crippen LogP contribution in [0, 0.1) is 11.8 Å². The van der Waals surface area contributed by atoms with Gasteiger partial charge in [-0.3, -0.25) is 0 Å². The van der Waals surface area contributed by atoms with Gasteiger partial charge in [0, 0.05) is 9.52 Å². The number of benzene rings is 4. The standard InChI is InChI=1S/2C24H23F6.C2H6Si.2ClH.Zr/c2*1-13(2)7-15-8-16-5-6-20(14(3)4)22(21(16)9-15)17-10-18(23(25,26)27)12-19(11-17)24(28,29)30;1-3-2;;;/h2*5-6,8-14H,7H2,1-4H3;1-2H3;2*1H;/q2*-1;;;;+4/p-2. The molecule has 0 fully saturated rings. The van der Waals surface area contributed by atoms with Crippen molar-refractivity contribution < 1.29 is 73.5 Å². The molecule has 0 saturated carbocycles. The summed E-state index contributed by atoms with van der Waals surface area (Å²) in [6.45, 7) is 20.0. The van der Waals surface area contributed by atoms with Gasteiger partial charge in [0.2, 0.25) is 0 Å². The van der Waals surface area contributed by atoms with Gasteiger partial charge in [-0.25, -0.2) is 0 Å². The first-order chi connectivity index (χ1) is 30.4. The average molecular weight is 1070 g/mol. The summed E-state index contributed by atoms with van der Waals surface area (Å²) in [7, 11) is 11.0. The fraction of sp³-hybridized carbons (Fsp3) is 0.400. The molecule has 16 heteroatoms. The molecule has 0 amide bonds. The predicted octanol–water partition coefficient (Wildman–Crippen LogP) is 19.3. The molecule has 0 aliphatic heterocycles. The molecule has 0 saturated heterocycles. The van der Waals surface area contributed by atoms with Gasteiger partial charge in [0.1, 0.15) is 0 Å². The van der Waals surface area contributed by atoms with Gasteiger partial charge in [-0.15, -0.1) is 69.1 Å². The second-order valence-corrected chi connectivity index (χ2v) is 22.2. The summed E-state index contributed by atoms with van der Waals surface area (Å²) in [5.41, 5.74) is -0.963. The van der Waals surface area contributed by atoms with Crippen LogP contribution in [0.3, 0.4) is 0 Å². The quantitative estimate of drug-likeness (QED) is 0.0810. The summed E-state index contributed by atoms with van der Waals surface area (Å²) in [6, 6.07) is 18.7. The van der Waals surface area contributed by atoms with E-state index in [2.05, 4.69) is 40.8 Å². The Morgan fingerprint density at radius 1 is 0.470 bits per heavy atom. The van der Waals surface area contributed by atoms with Crippen molar-refractivity contribution >= 4 is 48.1 Å². The molecular weight excluding hydrogens is 1020 g/mol. The molecule has 6 aromatic carbocycles. The van der Waals surface area contributed by atoms with Gasteiger partial charge in [-0.05, 0) is 84.0 Å². The normalized spacial score (nSPS) is 12.3. The average Bonchev–Trinajstić information content (AvgIpc) is 3.78. The molecule has 0 unspecified atom stereocenters. The van der Waals surface area contributed by atoms with Crippen LogP contribution >= 0.6 is 17.0 Å². The molecular formula is C50H52Cl2F12SiZr. The first-order valence-electron chi connectivity index (χ1n) is 21.0. The Balaban J connectivity index is 0.000000313. The third-order valence-corrected chi connectivity index (χ3v) is 10.2. The van der Waals surface area contributed by atoms with Crippen LogP contribution in [-0.4, -0.2) is 9.52 Å². The fourth-order valence-corrected chi connectivity index (χ4v) is 7.70. The molecule has 0 atom stereocenters. The minimum atomic E-state index is -4.88. The van der Waals surface area contributed by atoms with Gasteiger partial charge in [0.25, 0.3) is 0 Å². The molecule has 0 aromatic heterocycles. The number of hydrogen-bond acceptors (Lipinski definition) is 0. The summed E-state index contributed by atoms with van der Waals surface area (Å²) in [4.78, 5) is 0. The van der Waals surface area contributed by atoms with Gasteiger partial charge in [0.05, 0.1) is 22.3 Å². The van der Waals surface area contributed by atoms with Gasteiger partial charge < -0.3 is 0 Å². The van der Waals surface area contributed by atoms with E-state index in [0.29, 0.717) is 33.7 Å². The number of alkyl halides is 12. The van der Waals surface area contributed by atoms with Crippen LogP contribution in [0.1, 0.15) is 112 Å². The van der Waals surface area contributed by atoms with Gasteiger partial charge in [-0.2, -0.15) is 64.8 Å². The Bertz CT molecular complexity index is 2260. The second-order valence-electron chi connectivity index (χ2n) is 17.5. The summed E-state index contributed by atoms with van der Waals surface area (Å²) in [6.07, 6.45) is -18.0.